The largest absolute Gasteiger partial charge is 0.417 e. The second kappa shape index (κ2) is 7.93. The smallest absolute Gasteiger partial charge is 0.354 e. The average Bonchev–Trinajstić information content (AvgIpc) is 3.09. The molecule has 0 aliphatic carbocycles. The van der Waals surface area contributed by atoms with Crippen LogP contribution in [0.3, 0.4) is 0 Å². The third-order valence-corrected chi connectivity index (χ3v) is 4.93. The zero-order chi connectivity index (χ0) is 21.2. The number of urea groups is 1. The van der Waals surface area contributed by atoms with Crippen LogP contribution >= 0.6 is 0 Å². The second-order valence-electron chi connectivity index (χ2n) is 8.26. The fourth-order valence-corrected chi connectivity index (χ4v) is 3.23. The van der Waals surface area contributed by atoms with Gasteiger partial charge in [0.1, 0.15) is 5.82 Å². The lowest BCUT2D eigenvalue weighted by molar-refractivity contribution is -0.137. The summed E-state index contributed by atoms with van der Waals surface area (Å²) in [6, 6.07) is 9.69. The van der Waals surface area contributed by atoms with Gasteiger partial charge in [0.15, 0.2) is 0 Å². The summed E-state index contributed by atoms with van der Waals surface area (Å²) in [4.78, 5) is 18.0. The van der Waals surface area contributed by atoms with Gasteiger partial charge in [-0.15, -0.1) is 0 Å². The molecule has 0 spiro atoms. The molecule has 0 unspecified atom stereocenters. The van der Waals surface area contributed by atoms with Crippen LogP contribution in [0.15, 0.2) is 42.6 Å². The Kier molecular flexibility index (Phi) is 5.73. The van der Waals surface area contributed by atoms with Crippen molar-refractivity contribution in [3.8, 4) is 0 Å². The predicted molar refractivity (Wildman–Crippen MR) is 107 cm³/mol. The molecule has 3 rings (SSSR count). The first-order valence-corrected chi connectivity index (χ1v) is 9.48. The van der Waals surface area contributed by atoms with E-state index in [-0.39, 0.29) is 17.5 Å². The molecule has 29 heavy (non-hydrogen) atoms. The number of nitrogens with zero attached hydrogens (tertiary/aromatic N) is 2. The van der Waals surface area contributed by atoms with Gasteiger partial charge in [0, 0.05) is 31.0 Å². The third-order valence-electron chi connectivity index (χ3n) is 4.93. The Morgan fingerprint density at radius 1 is 1.07 bits per heavy atom. The normalized spacial score (nSPS) is 17.3. The minimum atomic E-state index is -4.40. The maximum Gasteiger partial charge on any atom is 0.417 e. The lowest BCUT2D eigenvalue weighted by Crippen LogP contribution is -2.39. The highest BCUT2D eigenvalue weighted by molar-refractivity contribution is 5.89. The molecule has 0 saturated carbocycles. The van der Waals surface area contributed by atoms with Gasteiger partial charge in [0.25, 0.3) is 0 Å². The topological polar surface area (TPSA) is 57.3 Å². The van der Waals surface area contributed by atoms with Gasteiger partial charge in [-0.3, -0.25) is 0 Å². The van der Waals surface area contributed by atoms with E-state index in [0.717, 1.165) is 12.3 Å². The van der Waals surface area contributed by atoms with Gasteiger partial charge in [-0.25, -0.2) is 9.78 Å². The number of hydrogen-bond acceptors (Lipinski definition) is 3. The Hall–Kier alpha value is -2.77. The monoisotopic (exact) mass is 406 g/mol. The summed E-state index contributed by atoms with van der Waals surface area (Å²) in [5.41, 5.74) is 1.15. The highest BCUT2D eigenvalue weighted by Crippen LogP contribution is 2.30. The second-order valence-corrected chi connectivity index (χ2v) is 8.26. The number of pyridine rings is 1. The standard InChI is InChI=1S/C21H25F3N4O/c1-20(2,3)14-4-7-16(8-5-14)26-19(29)27-17-10-11-28(13-17)18-9-6-15(12-25-18)21(22,23)24/h4-9,12,17H,10-11,13H2,1-3H3,(H2,26,27,29)/t17-/m1/s1. The van der Waals surface area contributed by atoms with E-state index in [1.54, 1.807) is 0 Å². The molecule has 1 aliphatic heterocycles. The molecule has 1 fully saturated rings. The first-order chi connectivity index (χ1) is 13.5. The van der Waals surface area contributed by atoms with Crippen molar-refractivity contribution < 1.29 is 18.0 Å². The molecule has 1 aliphatic rings. The fourth-order valence-electron chi connectivity index (χ4n) is 3.23. The molecule has 2 amide bonds. The molecule has 2 heterocycles. The summed E-state index contributed by atoms with van der Waals surface area (Å²) < 4.78 is 38.0. The van der Waals surface area contributed by atoms with Gasteiger partial charge < -0.3 is 15.5 Å². The highest BCUT2D eigenvalue weighted by atomic mass is 19.4. The van der Waals surface area contributed by atoms with E-state index in [9.17, 15) is 18.0 Å². The summed E-state index contributed by atoms with van der Waals surface area (Å²) in [6.45, 7) is 7.48. The minimum absolute atomic E-state index is 0.0421. The Bertz CT molecular complexity index is 842. The summed E-state index contributed by atoms with van der Waals surface area (Å²) >= 11 is 0. The van der Waals surface area contributed by atoms with Crippen molar-refractivity contribution in [3.05, 3.63) is 53.7 Å². The van der Waals surface area contributed by atoms with Crippen LogP contribution in [0.4, 0.5) is 29.5 Å². The van der Waals surface area contributed by atoms with Gasteiger partial charge in [0.05, 0.1) is 5.56 Å². The van der Waals surface area contributed by atoms with Crippen LogP contribution in [0.25, 0.3) is 0 Å². The van der Waals surface area contributed by atoms with Crippen LogP contribution < -0.4 is 15.5 Å². The van der Waals surface area contributed by atoms with Crippen molar-refractivity contribution in [2.24, 2.45) is 0 Å². The number of amides is 2. The van der Waals surface area contributed by atoms with Crippen LogP contribution in [0.1, 0.15) is 38.3 Å². The van der Waals surface area contributed by atoms with E-state index in [4.69, 9.17) is 0 Å². The predicted octanol–water partition coefficient (Wildman–Crippen LogP) is 4.80. The third kappa shape index (κ3) is 5.40. The molecule has 8 heteroatoms. The van der Waals surface area contributed by atoms with Crippen molar-refractivity contribution in [2.75, 3.05) is 23.3 Å². The van der Waals surface area contributed by atoms with Crippen molar-refractivity contribution in [3.63, 3.8) is 0 Å². The van der Waals surface area contributed by atoms with Crippen LogP contribution in [0, 0.1) is 0 Å². The van der Waals surface area contributed by atoms with Crippen molar-refractivity contribution >= 4 is 17.5 Å². The number of anilines is 2. The zero-order valence-electron chi connectivity index (χ0n) is 16.7. The molecule has 1 atom stereocenters. The number of benzene rings is 1. The quantitative estimate of drug-likeness (QED) is 0.770. The number of aromatic nitrogens is 1. The first kappa shape index (κ1) is 21.0. The molecule has 2 N–H and O–H groups in total. The number of carbonyl (C=O) groups excluding carboxylic acids is 1. The number of alkyl halides is 3. The highest BCUT2D eigenvalue weighted by Gasteiger charge is 2.31. The number of nitrogens with one attached hydrogen (secondary N) is 2. The van der Waals surface area contributed by atoms with E-state index in [1.807, 2.05) is 29.2 Å². The minimum Gasteiger partial charge on any atom is -0.354 e. The van der Waals surface area contributed by atoms with Crippen molar-refractivity contribution in [2.45, 2.75) is 44.8 Å². The van der Waals surface area contributed by atoms with E-state index in [0.29, 0.717) is 31.0 Å². The van der Waals surface area contributed by atoms with Crippen molar-refractivity contribution in [1.82, 2.24) is 10.3 Å². The molecule has 1 aromatic heterocycles. The van der Waals surface area contributed by atoms with Crippen molar-refractivity contribution in [1.29, 1.82) is 0 Å². The summed E-state index contributed by atoms with van der Waals surface area (Å²) in [5.74, 6) is 0.473. The van der Waals surface area contributed by atoms with E-state index in [1.165, 1.54) is 11.6 Å². The molecular formula is C21H25F3N4O. The van der Waals surface area contributed by atoms with Crippen LogP contribution in [-0.2, 0) is 11.6 Å². The Balaban J connectivity index is 1.52. The molecule has 1 saturated heterocycles. The van der Waals surface area contributed by atoms with E-state index in [2.05, 4.69) is 36.4 Å². The summed E-state index contributed by atoms with van der Waals surface area (Å²) in [5, 5.41) is 5.73. The molecule has 2 aromatic rings. The van der Waals surface area contributed by atoms with Gasteiger partial charge in [-0.05, 0) is 41.7 Å². The Morgan fingerprint density at radius 3 is 2.28 bits per heavy atom. The first-order valence-electron chi connectivity index (χ1n) is 9.48. The lowest BCUT2D eigenvalue weighted by Gasteiger charge is -2.20. The Morgan fingerprint density at radius 2 is 1.72 bits per heavy atom. The van der Waals surface area contributed by atoms with Crippen LogP contribution in [0.5, 0.6) is 0 Å². The molecule has 1 aromatic carbocycles. The summed E-state index contributed by atoms with van der Waals surface area (Å²) in [6.07, 6.45) is -2.87. The van der Waals surface area contributed by atoms with Gasteiger partial charge in [0.2, 0.25) is 0 Å². The SMILES string of the molecule is CC(C)(C)c1ccc(NC(=O)N[C@@H]2CCN(c3ccc(C(F)(F)F)cn3)C2)cc1. The van der Waals surface area contributed by atoms with Gasteiger partial charge in [-0.2, -0.15) is 13.2 Å². The van der Waals surface area contributed by atoms with Gasteiger partial charge >= 0.3 is 12.2 Å². The Labute approximate surface area is 168 Å². The zero-order valence-corrected chi connectivity index (χ0v) is 16.7. The van der Waals surface area contributed by atoms with E-state index >= 15 is 0 Å². The fraction of sp³-hybridized carbons (Fsp3) is 0.429. The number of halogens is 3. The van der Waals surface area contributed by atoms with Gasteiger partial charge in [-0.1, -0.05) is 32.9 Å². The number of hydrogen-bond donors (Lipinski definition) is 2. The van der Waals surface area contributed by atoms with E-state index < -0.39 is 11.7 Å². The molecule has 5 nitrogen and oxygen atoms in total. The number of rotatable bonds is 3. The average molecular weight is 406 g/mol. The molecular weight excluding hydrogens is 381 g/mol. The maximum atomic E-state index is 12.7. The lowest BCUT2D eigenvalue weighted by atomic mass is 9.87. The molecule has 0 bridgehead atoms. The van der Waals surface area contributed by atoms with Crippen LogP contribution in [0.2, 0.25) is 0 Å². The molecule has 0 radical (unpaired) electrons. The summed E-state index contributed by atoms with van der Waals surface area (Å²) in [7, 11) is 0. The molecule has 156 valence electrons. The maximum absolute atomic E-state index is 12.7. The van der Waals surface area contributed by atoms with Crippen LogP contribution in [-0.4, -0.2) is 30.1 Å². The number of carbonyl (C=O) groups is 1.